The van der Waals surface area contributed by atoms with Gasteiger partial charge in [0, 0.05) is 7.05 Å². The van der Waals surface area contributed by atoms with Crippen molar-refractivity contribution in [1.82, 2.24) is 4.31 Å². The van der Waals surface area contributed by atoms with Gasteiger partial charge in [-0.1, -0.05) is 6.07 Å². The molecule has 0 heterocycles. The highest BCUT2D eigenvalue weighted by atomic mass is 32.2. The molecule has 0 saturated carbocycles. The minimum absolute atomic E-state index is 0.201. The molecule has 0 fully saturated rings. The average Bonchev–Trinajstić information content (AvgIpc) is 2.37. The van der Waals surface area contributed by atoms with Crippen LogP contribution in [-0.2, 0) is 20.0 Å². The molecule has 0 spiro atoms. The zero-order chi connectivity index (χ0) is 15.8. The molecule has 7 nitrogen and oxygen atoms in total. The average molecular weight is 322 g/mol. The Kier molecular flexibility index (Phi) is 4.62. The van der Waals surface area contributed by atoms with Crippen molar-refractivity contribution in [2.75, 3.05) is 13.7 Å². The lowest BCUT2D eigenvalue weighted by molar-refractivity contribution is 0.138. The van der Waals surface area contributed by atoms with Gasteiger partial charge < -0.3 is 5.11 Å². The predicted octanol–water partition coefficient (Wildman–Crippen LogP) is -0.275. The molecule has 0 radical (unpaired) electrons. The SMILES string of the molecule is CN(C(C)(C)CO)S(=O)(=O)c1cccc(S(N)(=O)=O)c1. The van der Waals surface area contributed by atoms with E-state index in [4.69, 9.17) is 5.14 Å². The Morgan fingerprint density at radius 3 is 2.15 bits per heavy atom. The molecule has 0 amide bonds. The highest BCUT2D eigenvalue weighted by molar-refractivity contribution is 7.90. The predicted molar refractivity (Wildman–Crippen MR) is 73.9 cm³/mol. The second-order valence-corrected chi connectivity index (χ2v) is 8.49. The van der Waals surface area contributed by atoms with Gasteiger partial charge in [-0.15, -0.1) is 0 Å². The fourth-order valence-corrected chi connectivity index (χ4v) is 3.58. The van der Waals surface area contributed by atoms with E-state index >= 15 is 0 Å². The number of hydrogen-bond acceptors (Lipinski definition) is 5. The number of benzene rings is 1. The van der Waals surface area contributed by atoms with Crippen molar-refractivity contribution >= 4 is 20.0 Å². The molecule has 3 N–H and O–H groups in total. The summed E-state index contributed by atoms with van der Waals surface area (Å²) < 4.78 is 48.3. The summed E-state index contributed by atoms with van der Waals surface area (Å²) >= 11 is 0. The zero-order valence-electron chi connectivity index (χ0n) is 11.4. The fraction of sp³-hybridized carbons (Fsp3) is 0.455. The van der Waals surface area contributed by atoms with Crippen LogP contribution in [0.2, 0.25) is 0 Å². The fourth-order valence-electron chi connectivity index (χ4n) is 1.39. The van der Waals surface area contributed by atoms with E-state index in [1.807, 2.05) is 0 Å². The zero-order valence-corrected chi connectivity index (χ0v) is 13.1. The van der Waals surface area contributed by atoms with E-state index in [-0.39, 0.29) is 16.4 Å². The van der Waals surface area contributed by atoms with Crippen LogP contribution in [0.4, 0.5) is 0 Å². The lowest BCUT2D eigenvalue weighted by atomic mass is 10.1. The van der Waals surface area contributed by atoms with Crippen molar-refractivity contribution in [2.24, 2.45) is 5.14 Å². The molecule has 0 aliphatic rings. The maximum Gasteiger partial charge on any atom is 0.243 e. The molecular weight excluding hydrogens is 304 g/mol. The molecule has 9 heteroatoms. The van der Waals surface area contributed by atoms with Gasteiger partial charge >= 0.3 is 0 Å². The van der Waals surface area contributed by atoms with Crippen molar-refractivity contribution in [1.29, 1.82) is 0 Å². The quantitative estimate of drug-likeness (QED) is 0.773. The van der Waals surface area contributed by atoms with Crippen LogP contribution in [-0.4, -0.2) is 45.4 Å². The van der Waals surface area contributed by atoms with Crippen LogP contribution in [0.25, 0.3) is 0 Å². The number of aliphatic hydroxyl groups is 1. The van der Waals surface area contributed by atoms with Crippen molar-refractivity contribution in [3.8, 4) is 0 Å². The maximum atomic E-state index is 12.4. The Morgan fingerprint density at radius 2 is 1.70 bits per heavy atom. The highest BCUT2D eigenvalue weighted by Crippen LogP contribution is 2.23. The van der Waals surface area contributed by atoms with E-state index in [1.165, 1.54) is 25.2 Å². The first kappa shape index (κ1) is 17.1. The Bertz CT molecular complexity index is 695. The van der Waals surface area contributed by atoms with Crippen LogP contribution in [0.5, 0.6) is 0 Å². The van der Waals surface area contributed by atoms with Gasteiger partial charge in [0.1, 0.15) is 0 Å². The lowest BCUT2D eigenvalue weighted by Crippen LogP contribution is -2.47. The Labute approximate surface area is 119 Å². The van der Waals surface area contributed by atoms with Crippen LogP contribution in [0, 0.1) is 0 Å². The number of sulfonamides is 2. The van der Waals surface area contributed by atoms with Crippen molar-refractivity contribution < 1.29 is 21.9 Å². The minimum Gasteiger partial charge on any atom is -0.394 e. The summed E-state index contributed by atoms with van der Waals surface area (Å²) in [7, 11) is -6.61. The van der Waals surface area contributed by atoms with Crippen LogP contribution in [0.15, 0.2) is 34.1 Å². The smallest absolute Gasteiger partial charge is 0.243 e. The third-order valence-corrected chi connectivity index (χ3v) is 6.01. The molecule has 1 rings (SSSR count). The van der Waals surface area contributed by atoms with Gasteiger partial charge in [-0.25, -0.2) is 22.0 Å². The number of hydrogen-bond donors (Lipinski definition) is 2. The molecule has 0 unspecified atom stereocenters. The molecule has 0 aliphatic carbocycles. The van der Waals surface area contributed by atoms with Gasteiger partial charge in [0.05, 0.1) is 21.9 Å². The minimum atomic E-state index is -3.98. The van der Waals surface area contributed by atoms with Crippen molar-refractivity contribution in [3.05, 3.63) is 24.3 Å². The molecule has 20 heavy (non-hydrogen) atoms. The third kappa shape index (κ3) is 3.36. The van der Waals surface area contributed by atoms with E-state index in [9.17, 15) is 21.9 Å². The summed E-state index contributed by atoms with van der Waals surface area (Å²) in [6.07, 6.45) is 0. The first-order chi connectivity index (χ1) is 8.93. The van der Waals surface area contributed by atoms with Gasteiger partial charge in [-0.3, -0.25) is 0 Å². The van der Waals surface area contributed by atoms with Crippen molar-refractivity contribution in [2.45, 2.75) is 29.2 Å². The van der Waals surface area contributed by atoms with E-state index in [2.05, 4.69) is 0 Å². The standard InChI is InChI=1S/C11H18N2O5S2/c1-11(2,8-14)13(3)20(17,18)10-6-4-5-9(7-10)19(12,15)16/h4-7,14H,8H2,1-3H3,(H2,12,15,16). The first-order valence-corrected chi connectivity index (χ1v) is 8.64. The topological polar surface area (TPSA) is 118 Å². The first-order valence-electron chi connectivity index (χ1n) is 5.66. The maximum absolute atomic E-state index is 12.4. The van der Waals surface area contributed by atoms with E-state index in [0.717, 1.165) is 10.4 Å². The third-order valence-electron chi connectivity index (χ3n) is 3.03. The molecule has 0 aliphatic heterocycles. The van der Waals surface area contributed by atoms with Crippen LogP contribution in [0.1, 0.15) is 13.8 Å². The Morgan fingerprint density at radius 1 is 1.20 bits per heavy atom. The van der Waals surface area contributed by atoms with Gasteiger partial charge in [-0.2, -0.15) is 4.31 Å². The van der Waals surface area contributed by atoms with E-state index < -0.39 is 25.6 Å². The number of nitrogens with two attached hydrogens (primary N) is 1. The van der Waals surface area contributed by atoms with Crippen molar-refractivity contribution in [3.63, 3.8) is 0 Å². The van der Waals surface area contributed by atoms with Gasteiger partial charge in [0.2, 0.25) is 20.0 Å². The number of primary sulfonamides is 1. The second kappa shape index (κ2) is 5.41. The summed E-state index contributed by atoms with van der Waals surface area (Å²) in [4.78, 5) is -0.484. The van der Waals surface area contributed by atoms with Gasteiger partial charge in [0.25, 0.3) is 0 Å². The summed E-state index contributed by atoms with van der Waals surface area (Å²) in [5, 5.41) is 14.2. The lowest BCUT2D eigenvalue weighted by Gasteiger charge is -2.32. The largest absolute Gasteiger partial charge is 0.394 e. The molecule has 0 bridgehead atoms. The number of likely N-dealkylation sites (N-methyl/N-ethyl adjacent to an activating group) is 1. The monoisotopic (exact) mass is 322 g/mol. The van der Waals surface area contributed by atoms with E-state index in [1.54, 1.807) is 13.8 Å². The summed E-state index contributed by atoms with van der Waals surface area (Å²) in [6.45, 7) is 2.72. The second-order valence-electron chi connectivity index (χ2n) is 4.96. The van der Waals surface area contributed by atoms with Crippen LogP contribution in [0.3, 0.4) is 0 Å². The van der Waals surface area contributed by atoms with E-state index in [0.29, 0.717) is 0 Å². The highest BCUT2D eigenvalue weighted by Gasteiger charge is 2.33. The molecular formula is C11H18N2O5S2. The van der Waals surface area contributed by atoms with Gasteiger partial charge in [0.15, 0.2) is 0 Å². The molecule has 0 atom stereocenters. The summed E-state index contributed by atoms with van der Waals surface area (Å²) in [5.74, 6) is 0. The molecule has 0 aromatic heterocycles. The summed E-state index contributed by atoms with van der Waals surface area (Å²) in [5.41, 5.74) is -1.02. The van der Waals surface area contributed by atoms with Crippen LogP contribution < -0.4 is 5.14 Å². The number of rotatable bonds is 5. The number of aliphatic hydroxyl groups excluding tert-OH is 1. The molecule has 1 aromatic rings. The number of nitrogens with zero attached hydrogens (tertiary/aromatic N) is 1. The van der Waals surface area contributed by atoms with Crippen LogP contribution >= 0.6 is 0 Å². The molecule has 1 aromatic carbocycles. The Hall–Kier alpha value is -1.00. The molecule has 0 saturated heterocycles. The Balaban J connectivity index is 3.38. The molecule has 114 valence electrons. The normalized spacial score (nSPS) is 13.7. The van der Waals surface area contributed by atoms with Gasteiger partial charge in [-0.05, 0) is 32.0 Å². The summed E-state index contributed by atoms with van der Waals surface area (Å²) in [6, 6.07) is 4.78.